The molecule has 1 rings (SSSR count). The summed E-state index contributed by atoms with van der Waals surface area (Å²) < 4.78 is 1.56. The molecule has 1 heterocycles. The Balaban J connectivity index is 3.50. The van der Waals surface area contributed by atoms with Crippen LogP contribution in [0, 0.1) is 13.8 Å². The van der Waals surface area contributed by atoms with E-state index in [1.54, 1.807) is 11.6 Å². The molecule has 0 aliphatic heterocycles. The second-order valence-electron chi connectivity index (χ2n) is 3.38. The van der Waals surface area contributed by atoms with Gasteiger partial charge in [-0.1, -0.05) is 0 Å². The minimum atomic E-state index is -0.202. The molecule has 0 amide bonds. The fourth-order valence-corrected chi connectivity index (χ4v) is 1.24. The first-order valence-corrected chi connectivity index (χ1v) is 4.16. The average molecular weight is 181 g/mol. The molecular weight excluding hydrogens is 166 g/mol. The fourth-order valence-electron chi connectivity index (χ4n) is 1.24. The predicted octanol–water partition coefficient (Wildman–Crippen LogP) is 0.463. The summed E-state index contributed by atoms with van der Waals surface area (Å²) in [5.74, 6) is 0.751. The van der Waals surface area contributed by atoms with Crippen LogP contribution in [0.4, 0.5) is 5.82 Å². The van der Waals surface area contributed by atoms with Gasteiger partial charge in [0.05, 0.1) is 0 Å². The van der Waals surface area contributed by atoms with E-state index >= 15 is 0 Å². The zero-order valence-electron chi connectivity index (χ0n) is 8.75. The highest BCUT2D eigenvalue weighted by molar-refractivity contribution is 5.46. The molecule has 0 aliphatic rings. The molecule has 0 fully saturated rings. The molecule has 0 saturated heterocycles. The van der Waals surface area contributed by atoms with Crippen molar-refractivity contribution < 1.29 is 0 Å². The van der Waals surface area contributed by atoms with E-state index in [1.807, 2.05) is 32.8 Å². The van der Waals surface area contributed by atoms with E-state index in [-0.39, 0.29) is 5.69 Å². The second kappa shape index (κ2) is 3.20. The SMILES string of the molecule is Cc1c(N(C)C)nc(=O)n(C)c1C. The van der Waals surface area contributed by atoms with Gasteiger partial charge >= 0.3 is 5.69 Å². The Hall–Kier alpha value is -1.32. The molecular formula is C9H15N3O. The van der Waals surface area contributed by atoms with Crippen LogP contribution < -0.4 is 10.6 Å². The topological polar surface area (TPSA) is 38.1 Å². The zero-order valence-corrected chi connectivity index (χ0v) is 8.75. The van der Waals surface area contributed by atoms with E-state index in [2.05, 4.69) is 4.98 Å². The van der Waals surface area contributed by atoms with E-state index in [1.165, 1.54) is 0 Å². The Bertz CT molecular complexity index is 379. The van der Waals surface area contributed by atoms with Crippen LogP contribution in [-0.2, 0) is 7.05 Å². The molecule has 1 aromatic heterocycles. The number of nitrogens with zero attached hydrogens (tertiary/aromatic N) is 3. The molecule has 0 atom stereocenters. The number of rotatable bonds is 1. The number of hydrogen-bond donors (Lipinski definition) is 0. The van der Waals surface area contributed by atoms with Crippen molar-refractivity contribution in [2.24, 2.45) is 7.05 Å². The van der Waals surface area contributed by atoms with Gasteiger partial charge in [-0.2, -0.15) is 4.98 Å². The average Bonchev–Trinajstić information content (AvgIpc) is 2.07. The molecule has 0 bridgehead atoms. The highest BCUT2D eigenvalue weighted by atomic mass is 16.1. The maximum atomic E-state index is 11.3. The van der Waals surface area contributed by atoms with Crippen molar-refractivity contribution in [3.63, 3.8) is 0 Å². The zero-order chi connectivity index (χ0) is 10.2. The smallest absolute Gasteiger partial charge is 0.349 e. The molecule has 4 heteroatoms. The third kappa shape index (κ3) is 1.56. The lowest BCUT2D eigenvalue weighted by Gasteiger charge is -2.16. The summed E-state index contributed by atoms with van der Waals surface area (Å²) in [6.07, 6.45) is 0. The van der Waals surface area contributed by atoms with Crippen molar-refractivity contribution in [1.29, 1.82) is 0 Å². The van der Waals surface area contributed by atoms with Crippen LogP contribution in [-0.4, -0.2) is 23.6 Å². The summed E-state index contributed by atoms with van der Waals surface area (Å²) in [4.78, 5) is 17.2. The highest BCUT2D eigenvalue weighted by Crippen LogP contribution is 2.14. The molecule has 0 radical (unpaired) electrons. The Morgan fingerprint density at radius 1 is 1.31 bits per heavy atom. The summed E-state index contributed by atoms with van der Waals surface area (Å²) in [5.41, 5.74) is 1.81. The van der Waals surface area contributed by atoms with E-state index in [4.69, 9.17) is 0 Å². The third-order valence-corrected chi connectivity index (χ3v) is 2.29. The fraction of sp³-hybridized carbons (Fsp3) is 0.556. The monoisotopic (exact) mass is 181 g/mol. The van der Waals surface area contributed by atoms with Gasteiger partial charge in [0.2, 0.25) is 0 Å². The van der Waals surface area contributed by atoms with Crippen molar-refractivity contribution in [2.75, 3.05) is 19.0 Å². The summed E-state index contributed by atoms with van der Waals surface area (Å²) >= 11 is 0. The third-order valence-electron chi connectivity index (χ3n) is 2.29. The van der Waals surface area contributed by atoms with Gasteiger partial charge in [0.15, 0.2) is 0 Å². The standard InChI is InChI=1S/C9H15N3O/c1-6-7(2)12(5)9(13)10-8(6)11(3)4/h1-5H3. The quantitative estimate of drug-likeness (QED) is 0.632. The van der Waals surface area contributed by atoms with E-state index in [0.29, 0.717) is 0 Å². The van der Waals surface area contributed by atoms with Gasteiger partial charge in [-0.3, -0.25) is 4.57 Å². The largest absolute Gasteiger partial charge is 0.362 e. The normalized spacial score (nSPS) is 10.2. The molecule has 0 unspecified atom stereocenters. The number of anilines is 1. The Morgan fingerprint density at radius 2 is 1.85 bits per heavy atom. The molecule has 72 valence electrons. The lowest BCUT2D eigenvalue weighted by molar-refractivity contribution is 0.759. The minimum Gasteiger partial charge on any atom is -0.362 e. The van der Waals surface area contributed by atoms with Crippen molar-refractivity contribution >= 4 is 5.82 Å². The van der Waals surface area contributed by atoms with Crippen LogP contribution in [0.3, 0.4) is 0 Å². The van der Waals surface area contributed by atoms with Crippen molar-refractivity contribution in [2.45, 2.75) is 13.8 Å². The first kappa shape index (κ1) is 9.77. The van der Waals surface area contributed by atoms with Crippen molar-refractivity contribution in [3.8, 4) is 0 Å². The summed E-state index contributed by atoms with van der Waals surface area (Å²) in [6.45, 7) is 3.89. The molecule has 0 aliphatic carbocycles. The van der Waals surface area contributed by atoms with Gasteiger partial charge in [-0.05, 0) is 13.8 Å². The van der Waals surface area contributed by atoms with Crippen LogP contribution in [0.25, 0.3) is 0 Å². The molecule has 1 aromatic rings. The molecule has 0 N–H and O–H groups in total. The van der Waals surface area contributed by atoms with Gasteiger partial charge in [0.25, 0.3) is 0 Å². The first-order chi connectivity index (χ1) is 5.95. The lowest BCUT2D eigenvalue weighted by atomic mass is 10.2. The molecule has 0 saturated carbocycles. The number of hydrogen-bond acceptors (Lipinski definition) is 3. The van der Waals surface area contributed by atoms with Crippen molar-refractivity contribution in [3.05, 3.63) is 21.7 Å². The Morgan fingerprint density at radius 3 is 2.31 bits per heavy atom. The van der Waals surface area contributed by atoms with Gasteiger partial charge in [-0.15, -0.1) is 0 Å². The van der Waals surface area contributed by atoms with Crippen LogP contribution in [0.5, 0.6) is 0 Å². The van der Waals surface area contributed by atoms with Gasteiger partial charge < -0.3 is 4.90 Å². The Labute approximate surface area is 77.8 Å². The molecule has 0 aromatic carbocycles. The second-order valence-corrected chi connectivity index (χ2v) is 3.38. The summed E-state index contributed by atoms with van der Waals surface area (Å²) in [6, 6.07) is 0. The minimum absolute atomic E-state index is 0.202. The number of aromatic nitrogens is 2. The van der Waals surface area contributed by atoms with Crippen LogP contribution in [0.1, 0.15) is 11.3 Å². The van der Waals surface area contributed by atoms with Gasteiger partial charge in [0.1, 0.15) is 5.82 Å². The molecule has 13 heavy (non-hydrogen) atoms. The van der Waals surface area contributed by atoms with Crippen LogP contribution in [0.2, 0.25) is 0 Å². The van der Waals surface area contributed by atoms with Crippen molar-refractivity contribution in [1.82, 2.24) is 9.55 Å². The van der Waals surface area contributed by atoms with Crippen LogP contribution in [0.15, 0.2) is 4.79 Å². The summed E-state index contributed by atoms with van der Waals surface area (Å²) in [7, 11) is 5.50. The first-order valence-electron chi connectivity index (χ1n) is 4.16. The predicted molar refractivity (Wildman–Crippen MR) is 53.3 cm³/mol. The molecule has 0 spiro atoms. The van der Waals surface area contributed by atoms with E-state index in [0.717, 1.165) is 17.1 Å². The maximum absolute atomic E-state index is 11.3. The maximum Gasteiger partial charge on any atom is 0.349 e. The Kier molecular flexibility index (Phi) is 2.40. The van der Waals surface area contributed by atoms with E-state index in [9.17, 15) is 4.79 Å². The van der Waals surface area contributed by atoms with Gasteiger partial charge in [-0.25, -0.2) is 4.79 Å². The van der Waals surface area contributed by atoms with E-state index < -0.39 is 0 Å². The van der Waals surface area contributed by atoms with Gasteiger partial charge in [0, 0.05) is 32.4 Å². The lowest BCUT2D eigenvalue weighted by Crippen LogP contribution is -2.27. The highest BCUT2D eigenvalue weighted by Gasteiger charge is 2.08. The van der Waals surface area contributed by atoms with Crippen LogP contribution >= 0.6 is 0 Å². The summed E-state index contributed by atoms with van der Waals surface area (Å²) in [5, 5.41) is 0. The molecule has 4 nitrogen and oxygen atoms in total.